The highest BCUT2D eigenvalue weighted by Gasteiger charge is 2.30. The summed E-state index contributed by atoms with van der Waals surface area (Å²) < 4.78 is 73.1. The topological polar surface area (TPSA) is 93.7 Å². The Kier molecular flexibility index (Phi) is 6.97. The number of sulfonamides is 1. The van der Waals surface area contributed by atoms with Crippen molar-refractivity contribution in [2.24, 2.45) is 0 Å². The molecule has 1 heterocycles. The maximum absolute atomic E-state index is 12.3. The molecule has 0 bridgehead atoms. The Hall–Kier alpha value is -2.50. The first-order valence-corrected chi connectivity index (χ1v) is 10.9. The van der Waals surface area contributed by atoms with Gasteiger partial charge < -0.3 is 14.8 Å². The minimum Gasteiger partial charge on any atom is -0.489 e. The summed E-state index contributed by atoms with van der Waals surface area (Å²) in [5.41, 5.74) is 0.863. The molecule has 0 aromatic heterocycles. The van der Waals surface area contributed by atoms with Crippen molar-refractivity contribution in [3.8, 4) is 11.5 Å². The van der Waals surface area contributed by atoms with E-state index in [1.54, 1.807) is 12.1 Å². The van der Waals surface area contributed by atoms with E-state index < -0.39 is 28.7 Å². The Balaban J connectivity index is 1.64. The van der Waals surface area contributed by atoms with Crippen LogP contribution >= 0.6 is 11.6 Å². The Bertz CT molecular complexity index is 1060. The van der Waals surface area contributed by atoms with Gasteiger partial charge in [-0.15, -0.1) is 0 Å². The van der Waals surface area contributed by atoms with Gasteiger partial charge in [-0.25, -0.2) is 13.1 Å². The highest BCUT2D eigenvalue weighted by atomic mass is 35.5. The zero-order valence-corrected chi connectivity index (χ0v) is 17.5. The second-order valence-corrected chi connectivity index (χ2v) is 8.82. The highest BCUT2D eigenvalue weighted by molar-refractivity contribution is 7.89. The van der Waals surface area contributed by atoms with Crippen molar-refractivity contribution in [2.45, 2.75) is 23.9 Å². The number of anilines is 1. The predicted molar refractivity (Wildman–Crippen MR) is 107 cm³/mol. The number of amides is 1. The fraction of sp³-hybridized carbons (Fsp3) is 0.316. The first-order chi connectivity index (χ1) is 14.5. The van der Waals surface area contributed by atoms with Crippen molar-refractivity contribution in [3.63, 3.8) is 0 Å². The van der Waals surface area contributed by atoms with Gasteiger partial charge in [0, 0.05) is 12.1 Å². The number of alkyl halides is 3. The summed E-state index contributed by atoms with van der Waals surface area (Å²) in [4.78, 5) is 12.0. The van der Waals surface area contributed by atoms with Crippen LogP contribution in [0, 0.1) is 0 Å². The molecule has 1 aliphatic heterocycles. The summed E-state index contributed by atoms with van der Waals surface area (Å²) in [6.45, 7) is -0.734. The van der Waals surface area contributed by atoms with Crippen molar-refractivity contribution < 1.29 is 35.9 Å². The Morgan fingerprint density at radius 2 is 1.77 bits per heavy atom. The quantitative estimate of drug-likeness (QED) is 0.662. The molecule has 2 aromatic rings. The third-order valence-corrected chi connectivity index (χ3v) is 5.84. The average molecular weight is 479 g/mol. The zero-order chi connectivity index (χ0) is 22.6. The maximum Gasteiger partial charge on any atom is 0.402 e. The summed E-state index contributed by atoms with van der Waals surface area (Å²) in [6.07, 6.45) is -4.00. The molecule has 0 spiro atoms. The van der Waals surface area contributed by atoms with E-state index in [0.29, 0.717) is 41.7 Å². The van der Waals surface area contributed by atoms with Crippen LogP contribution in [0.2, 0.25) is 5.02 Å². The van der Waals surface area contributed by atoms with Gasteiger partial charge in [0.1, 0.15) is 6.54 Å². The summed E-state index contributed by atoms with van der Waals surface area (Å²) in [5, 5.41) is 2.91. The van der Waals surface area contributed by atoms with Crippen LogP contribution < -0.4 is 19.5 Å². The molecule has 0 unspecified atom stereocenters. The van der Waals surface area contributed by atoms with Crippen LogP contribution in [0.5, 0.6) is 11.5 Å². The summed E-state index contributed by atoms with van der Waals surface area (Å²) in [7, 11) is -4.33. The van der Waals surface area contributed by atoms with Crippen LogP contribution in [-0.4, -0.2) is 40.3 Å². The first kappa shape index (κ1) is 23.2. The number of ether oxygens (including phenoxy) is 2. The molecule has 2 N–H and O–H groups in total. The maximum atomic E-state index is 12.3. The minimum atomic E-state index is -4.67. The van der Waals surface area contributed by atoms with Crippen LogP contribution in [0.15, 0.2) is 41.3 Å². The number of carbonyl (C=O) groups is 1. The lowest BCUT2D eigenvalue weighted by molar-refractivity contribution is -0.121. The second kappa shape index (κ2) is 9.33. The van der Waals surface area contributed by atoms with E-state index in [4.69, 9.17) is 21.1 Å². The van der Waals surface area contributed by atoms with Crippen LogP contribution in [0.25, 0.3) is 0 Å². The molecule has 0 saturated carbocycles. The monoisotopic (exact) mass is 478 g/mol. The lowest BCUT2D eigenvalue weighted by Gasteiger charge is -2.12. The van der Waals surface area contributed by atoms with Gasteiger partial charge in [-0.1, -0.05) is 11.6 Å². The van der Waals surface area contributed by atoms with E-state index in [-0.39, 0.29) is 17.0 Å². The van der Waals surface area contributed by atoms with Crippen LogP contribution in [0.1, 0.15) is 12.0 Å². The largest absolute Gasteiger partial charge is 0.489 e. The van der Waals surface area contributed by atoms with Crippen LogP contribution in [0.4, 0.5) is 18.9 Å². The summed E-state index contributed by atoms with van der Waals surface area (Å²) in [6, 6.07) is 8.00. The Labute approximate surface area is 181 Å². The third kappa shape index (κ3) is 6.49. The molecule has 31 heavy (non-hydrogen) atoms. The molecule has 0 radical (unpaired) electrons. The lowest BCUT2D eigenvalue weighted by atomic mass is 10.1. The summed E-state index contributed by atoms with van der Waals surface area (Å²) >= 11 is 6.21. The van der Waals surface area contributed by atoms with Gasteiger partial charge in [-0.05, 0) is 42.0 Å². The van der Waals surface area contributed by atoms with Crippen LogP contribution in [-0.2, 0) is 21.2 Å². The van der Waals surface area contributed by atoms with Crippen molar-refractivity contribution >= 4 is 33.2 Å². The normalized spacial score (nSPS) is 14.1. The molecule has 7 nitrogen and oxygen atoms in total. The van der Waals surface area contributed by atoms with Crippen LogP contribution in [0.3, 0.4) is 0 Å². The van der Waals surface area contributed by atoms with Crippen molar-refractivity contribution in [1.29, 1.82) is 0 Å². The molecule has 0 aliphatic carbocycles. The highest BCUT2D eigenvalue weighted by Crippen LogP contribution is 2.38. The number of rotatable bonds is 6. The van der Waals surface area contributed by atoms with Crippen molar-refractivity contribution in [3.05, 3.63) is 47.0 Å². The Morgan fingerprint density at radius 1 is 1.10 bits per heavy atom. The molecule has 2 aromatic carbocycles. The standard InChI is InChI=1S/C19H18ClF3N2O5S/c20-15-8-12(9-16-18(15)30-7-1-6-29-16)10-17(26)25-13-2-4-14(5-3-13)31(27,28)24-11-19(21,22)23/h2-5,8-9,24H,1,6-7,10-11H2,(H,25,26). The molecule has 3 rings (SSSR count). The number of benzene rings is 2. The van der Waals surface area contributed by atoms with Gasteiger partial charge in [0.2, 0.25) is 15.9 Å². The van der Waals surface area contributed by atoms with Crippen molar-refractivity contribution in [2.75, 3.05) is 25.1 Å². The minimum absolute atomic E-state index is 0.0381. The fourth-order valence-electron chi connectivity index (χ4n) is 2.75. The molecule has 168 valence electrons. The predicted octanol–water partition coefficient (Wildman–Crippen LogP) is 3.52. The number of fused-ring (bicyclic) bond motifs is 1. The molecular formula is C19H18ClF3N2O5S. The van der Waals surface area contributed by atoms with Gasteiger partial charge in [0.05, 0.1) is 29.6 Å². The second-order valence-electron chi connectivity index (χ2n) is 6.64. The fourth-order valence-corrected chi connectivity index (χ4v) is 4.06. The van der Waals surface area contributed by atoms with Gasteiger partial charge in [0.25, 0.3) is 0 Å². The lowest BCUT2D eigenvalue weighted by Crippen LogP contribution is -2.33. The van der Waals surface area contributed by atoms with E-state index in [9.17, 15) is 26.4 Å². The van der Waals surface area contributed by atoms with Gasteiger partial charge in [0.15, 0.2) is 11.5 Å². The number of nitrogens with one attached hydrogen (secondary N) is 2. The SMILES string of the molecule is O=C(Cc1cc(Cl)c2c(c1)OCCCO2)Nc1ccc(S(=O)(=O)NCC(F)(F)F)cc1. The number of hydrogen-bond acceptors (Lipinski definition) is 5. The van der Waals surface area contributed by atoms with E-state index in [0.717, 1.165) is 12.1 Å². The van der Waals surface area contributed by atoms with Gasteiger partial charge >= 0.3 is 6.18 Å². The molecule has 0 fully saturated rings. The average Bonchev–Trinajstić information content (AvgIpc) is 2.92. The molecule has 1 amide bonds. The zero-order valence-electron chi connectivity index (χ0n) is 16.0. The molecule has 12 heteroatoms. The summed E-state index contributed by atoms with van der Waals surface area (Å²) in [5.74, 6) is 0.476. The van der Waals surface area contributed by atoms with Gasteiger partial charge in [-0.3, -0.25) is 4.79 Å². The molecule has 1 aliphatic rings. The van der Waals surface area contributed by atoms with Crippen molar-refractivity contribution in [1.82, 2.24) is 4.72 Å². The van der Waals surface area contributed by atoms with E-state index in [2.05, 4.69) is 5.32 Å². The first-order valence-electron chi connectivity index (χ1n) is 9.08. The molecule has 0 saturated heterocycles. The van der Waals surface area contributed by atoms with E-state index >= 15 is 0 Å². The molecule has 0 atom stereocenters. The smallest absolute Gasteiger partial charge is 0.402 e. The number of hydrogen-bond donors (Lipinski definition) is 2. The number of halogens is 4. The molecular weight excluding hydrogens is 461 g/mol. The van der Waals surface area contributed by atoms with E-state index in [1.807, 2.05) is 0 Å². The number of carbonyl (C=O) groups excluding carboxylic acids is 1. The van der Waals surface area contributed by atoms with E-state index in [1.165, 1.54) is 16.9 Å². The van der Waals surface area contributed by atoms with Gasteiger partial charge in [-0.2, -0.15) is 13.2 Å². The third-order valence-electron chi connectivity index (χ3n) is 4.14. The Morgan fingerprint density at radius 3 is 2.45 bits per heavy atom.